The molecule has 0 aromatic heterocycles. The van der Waals surface area contributed by atoms with Crippen LogP contribution in [0.15, 0.2) is 0 Å². The molecule has 1 fully saturated rings. The molecule has 6 N–H and O–H groups in total. The molecule has 0 aliphatic heterocycles. The Morgan fingerprint density at radius 1 is 1.45 bits per heavy atom. The summed E-state index contributed by atoms with van der Waals surface area (Å²) in [5, 5.41) is 0. The second-order valence-corrected chi connectivity index (χ2v) is 4.73. The molecule has 0 heterocycles. The molecule has 2 heteroatoms. The van der Waals surface area contributed by atoms with Gasteiger partial charge in [-0.2, -0.15) is 0 Å². The first-order valence-electron chi connectivity index (χ1n) is 4.61. The lowest BCUT2D eigenvalue weighted by molar-refractivity contribution is -0.465. The number of hydrogen-bond donors (Lipinski definition) is 2. The average molecular weight is 158 g/mol. The number of quaternary nitrogens is 2. The Bertz CT molecular complexity index is 142. The van der Waals surface area contributed by atoms with Crippen LogP contribution in [0.4, 0.5) is 0 Å². The molecule has 1 saturated carbocycles. The number of rotatable bonds is 1. The zero-order valence-electron chi connectivity index (χ0n) is 8.06. The summed E-state index contributed by atoms with van der Waals surface area (Å²) in [6.07, 6.45) is 1.32. The van der Waals surface area contributed by atoms with E-state index in [1.165, 1.54) is 6.42 Å². The Kier molecular flexibility index (Phi) is 2.26. The van der Waals surface area contributed by atoms with E-state index in [2.05, 4.69) is 32.2 Å². The predicted molar refractivity (Wildman–Crippen MR) is 45.5 cm³/mol. The van der Waals surface area contributed by atoms with Gasteiger partial charge in [-0.1, -0.05) is 20.8 Å². The predicted octanol–water partition coefficient (Wildman–Crippen LogP) is -0.479. The fraction of sp³-hybridized carbons (Fsp3) is 1.00. The fourth-order valence-corrected chi connectivity index (χ4v) is 2.71. The molecule has 11 heavy (non-hydrogen) atoms. The van der Waals surface area contributed by atoms with Crippen LogP contribution >= 0.6 is 0 Å². The lowest BCUT2D eigenvalue weighted by atomic mass is 9.81. The minimum Gasteiger partial charge on any atom is -0.357 e. The van der Waals surface area contributed by atoms with E-state index in [4.69, 9.17) is 0 Å². The molecule has 0 spiro atoms. The normalized spacial score (nSPS) is 42.8. The Morgan fingerprint density at radius 2 is 2.00 bits per heavy atom. The third-order valence-corrected chi connectivity index (χ3v) is 3.41. The minimum absolute atomic E-state index is 0.480. The zero-order valence-corrected chi connectivity index (χ0v) is 8.06. The van der Waals surface area contributed by atoms with E-state index in [1.54, 1.807) is 0 Å². The highest BCUT2D eigenvalue weighted by Crippen LogP contribution is 2.43. The third-order valence-electron chi connectivity index (χ3n) is 3.41. The van der Waals surface area contributed by atoms with E-state index < -0.39 is 0 Å². The summed E-state index contributed by atoms with van der Waals surface area (Å²) < 4.78 is 0. The molecule has 0 bridgehead atoms. The van der Waals surface area contributed by atoms with Crippen molar-refractivity contribution < 1.29 is 11.5 Å². The zero-order chi connectivity index (χ0) is 8.65. The van der Waals surface area contributed by atoms with E-state index >= 15 is 0 Å². The summed E-state index contributed by atoms with van der Waals surface area (Å²) in [5.41, 5.74) is 8.71. The molecule has 0 saturated heterocycles. The van der Waals surface area contributed by atoms with Gasteiger partial charge in [0.2, 0.25) is 0 Å². The monoisotopic (exact) mass is 158 g/mol. The molecule has 0 aromatic carbocycles. The third kappa shape index (κ3) is 1.42. The topological polar surface area (TPSA) is 55.3 Å². The van der Waals surface area contributed by atoms with E-state index in [0.717, 1.165) is 18.4 Å². The van der Waals surface area contributed by atoms with Crippen LogP contribution in [0.25, 0.3) is 0 Å². The summed E-state index contributed by atoms with van der Waals surface area (Å²) in [5.74, 6) is 1.52. The first-order valence-corrected chi connectivity index (χ1v) is 4.61. The van der Waals surface area contributed by atoms with Gasteiger partial charge in [-0.05, 0) is 11.8 Å². The van der Waals surface area contributed by atoms with Gasteiger partial charge in [0, 0.05) is 5.92 Å². The quantitative estimate of drug-likeness (QED) is 0.518. The van der Waals surface area contributed by atoms with Crippen molar-refractivity contribution in [3.63, 3.8) is 0 Å². The van der Waals surface area contributed by atoms with E-state index in [9.17, 15) is 0 Å². The molecule has 0 amide bonds. The summed E-state index contributed by atoms with van der Waals surface area (Å²) in [6, 6.07) is 0.627. The summed E-state index contributed by atoms with van der Waals surface area (Å²) in [7, 11) is 0. The SMILES string of the molecule is C[C@H]1CC(C)(C)[C@@H](C[NH3+])[C@@H]1[NH3+]. The second-order valence-electron chi connectivity index (χ2n) is 4.73. The van der Waals surface area contributed by atoms with Crippen LogP contribution in [0.3, 0.4) is 0 Å². The van der Waals surface area contributed by atoms with Crippen molar-refractivity contribution >= 4 is 0 Å². The van der Waals surface area contributed by atoms with Gasteiger partial charge < -0.3 is 11.5 Å². The van der Waals surface area contributed by atoms with Crippen LogP contribution in [-0.4, -0.2) is 12.6 Å². The van der Waals surface area contributed by atoms with Gasteiger partial charge in [-0.25, -0.2) is 0 Å². The summed E-state index contributed by atoms with van der Waals surface area (Å²) in [6.45, 7) is 8.07. The van der Waals surface area contributed by atoms with Gasteiger partial charge in [0.05, 0.1) is 18.5 Å². The lowest BCUT2D eigenvalue weighted by Gasteiger charge is -2.24. The molecule has 2 nitrogen and oxygen atoms in total. The second kappa shape index (κ2) is 2.76. The summed E-state index contributed by atoms with van der Waals surface area (Å²) >= 11 is 0. The van der Waals surface area contributed by atoms with Crippen LogP contribution in [0, 0.1) is 17.3 Å². The maximum Gasteiger partial charge on any atom is 0.0957 e. The first kappa shape index (κ1) is 9.01. The Balaban J connectivity index is 2.73. The van der Waals surface area contributed by atoms with E-state index in [1.807, 2.05) is 0 Å². The average Bonchev–Trinajstić information content (AvgIpc) is 2.03. The van der Waals surface area contributed by atoms with Crippen molar-refractivity contribution in [1.82, 2.24) is 0 Å². The molecule has 3 atom stereocenters. The van der Waals surface area contributed by atoms with Gasteiger partial charge in [0.25, 0.3) is 0 Å². The van der Waals surface area contributed by atoms with Crippen LogP contribution in [0.1, 0.15) is 27.2 Å². The molecule has 1 aliphatic rings. The highest BCUT2D eigenvalue weighted by atomic mass is 14.8. The van der Waals surface area contributed by atoms with Gasteiger partial charge in [0.15, 0.2) is 0 Å². The maximum absolute atomic E-state index is 4.23. The molecule has 0 aromatic rings. The molecular weight excluding hydrogens is 136 g/mol. The highest BCUT2D eigenvalue weighted by Gasteiger charge is 2.47. The smallest absolute Gasteiger partial charge is 0.0957 e. The standard InChI is InChI=1S/C9H20N2/c1-6-4-9(2,3)7(5-10)8(6)11/h6-8H,4-5,10-11H2,1-3H3/p+2/t6-,7-,8+/m0/s1. The Morgan fingerprint density at radius 3 is 2.18 bits per heavy atom. The van der Waals surface area contributed by atoms with Crippen molar-refractivity contribution in [2.45, 2.75) is 33.2 Å². The molecule has 1 aliphatic carbocycles. The van der Waals surface area contributed by atoms with Crippen molar-refractivity contribution in [2.75, 3.05) is 6.54 Å². The number of hydrogen-bond acceptors (Lipinski definition) is 0. The molecule has 0 unspecified atom stereocenters. The molecule has 66 valence electrons. The van der Waals surface area contributed by atoms with Crippen molar-refractivity contribution in [1.29, 1.82) is 0 Å². The maximum atomic E-state index is 4.23. The van der Waals surface area contributed by atoms with Crippen molar-refractivity contribution in [3.05, 3.63) is 0 Å². The van der Waals surface area contributed by atoms with E-state index in [-0.39, 0.29) is 0 Å². The summed E-state index contributed by atoms with van der Waals surface area (Å²) in [4.78, 5) is 0. The van der Waals surface area contributed by atoms with Crippen LogP contribution in [0.2, 0.25) is 0 Å². The molecule has 1 rings (SSSR count). The lowest BCUT2D eigenvalue weighted by Crippen LogP contribution is -2.70. The fourth-order valence-electron chi connectivity index (χ4n) is 2.71. The van der Waals surface area contributed by atoms with Crippen molar-refractivity contribution in [2.24, 2.45) is 17.3 Å². The molecule has 0 radical (unpaired) electrons. The molecular formula is C9H22N2+2. The Hall–Kier alpha value is -0.0800. The highest BCUT2D eigenvalue weighted by molar-refractivity contribution is 4.93. The van der Waals surface area contributed by atoms with Gasteiger partial charge in [0.1, 0.15) is 0 Å². The van der Waals surface area contributed by atoms with Gasteiger partial charge in [-0.3, -0.25) is 0 Å². The Labute approximate surface area is 69.3 Å². The minimum atomic E-state index is 0.480. The van der Waals surface area contributed by atoms with Crippen LogP contribution < -0.4 is 11.5 Å². The van der Waals surface area contributed by atoms with E-state index in [0.29, 0.717) is 11.5 Å². The van der Waals surface area contributed by atoms with Gasteiger partial charge >= 0.3 is 0 Å². The van der Waals surface area contributed by atoms with Crippen molar-refractivity contribution in [3.8, 4) is 0 Å². The first-order chi connectivity index (χ1) is 4.99. The van der Waals surface area contributed by atoms with Gasteiger partial charge in [-0.15, -0.1) is 0 Å². The van der Waals surface area contributed by atoms with Crippen LogP contribution in [0.5, 0.6) is 0 Å². The largest absolute Gasteiger partial charge is 0.357 e. The van der Waals surface area contributed by atoms with Crippen LogP contribution in [-0.2, 0) is 0 Å².